The van der Waals surface area contributed by atoms with Crippen molar-refractivity contribution in [1.29, 1.82) is 0 Å². The van der Waals surface area contributed by atoms with Gasteiger partial charge in [0.25, 0.3) is 0 Å². The molecule has 33 heavy (non-hydrogen) atoms. The molecule has 0 spiro atoms. The molecule has 0 fully saturated rings. The standard InChI is InChI=1S/C30H30NOP/c1-21-18-23(3)29(32-20-24-13-7-5-8-14-24)27(19-21)33-30-22(2)12-11-17-26(30)28(31-4)25-15-9-6-10-16-25/h5-19,33H,20H2,1-4H3/b31-28+. The van der Waals surface area contributed by atoms with Crippen LogP contribution in [0, 0.1) is 20.8 Å². The van der Waals surface area contributed by atoms with Crippen molar-refractivity contribution in [2.75, 3.05) is 7.05 Å². The minimum absolute atomic E-state index is 0.468. The van der Waals surface area contributed by atoms with Gasteiger partial charge >= 0.3 is 0 Å². The first kappa shape index (κ1) is 23.0. The predicted molar refractivity (Wildman–Crippen MR) is 143 cm³/mol. The van der Waals surface area contributed by atoms with Gasteiger partial charge in [-0.1, -0.05) is 93.5 Å². The highest BCUT2D eigenvalue weighted by Gasteiger charge is 2.17. The van der Waals surface area contributed by atoms with Crippen LogP contribution < -0.4 is 15.3 Å². The van der Waals surface area contributed by atoms with Crippen LogP contribution >= 0.6 is 8.58 Å². The Kier molecular flexibility index (Phi) is 7.37. The van der Waals surface area contributed by atoms with Crippen molar-refractivity contribution in [2.45, 2.75) is 27.4 Å². The highest BCUT2D eigenvalue weighted by molar-refractivity contribution is 7.56. The smallest absolute Gasteiger partial charge is 0.130 e. The first-order valence-corrected chi connectivity index (χ1v) is 12.2. The van der Waals surface area contributed by atoms with Crippen LogP contribution in [0.3, 0.4) is 0 Å². The SMILES string of the molecule is C/N=C(\c1ccccc1)c1cccc(C)c1Pc1cc(C)cc(C)c1OCc1ccccc1. The number of aliphatic imine (C=N–C) groups is 1. The van der Waals surface area contributed by atoms with Gasteiger partial charge in [-0.25, -0.2) is 0 Å². The molecule has 0 aliphatic rings. The van der Waals surface area contributed by atoms with E-state index in [9.17, 15) is 0 Å². The van der Waals surface area contributed by atoms with Gasteiger partial charge in [0.15, 0.2) is 0 Å². The molecule has 4 aromatic rings. The molecule has 0 heterocycles. The maximum Gasteiger partial charge on any atom is 0.130 e. The van der Waals surface area contributed by atoms with Gasteiger partial charge in [-0.05, 0) is 54.4 Å². The molecule has 0 aliphatic carbocycles. The van der Waals surface area contributed by atoms with E-state index in [2.05, 4.69) is 99.6 Å². The van der Waals surface area contributed by atoms with Crippen LogP contribution in [-0.2, 0) is 6.61 Å². The van der Waals surface area contributed by atoms with E-state index in [4.69, 9.17) is 9.73 Å². The van der Waals surface area contributed by atoms with Gasteiger partial charge in [0.05, 0.1) is 5.71 Å². The molecule has 0 saturated heterocycles. The zero-order chi connectivity index (χ0) is 23.2. The first-order chi connectivity index (χ1) is 16.1. The molecule has 2 nitrogen and oxygen atoms in total. The Balaban J connectivity index is 1.74. The largest absolute Gasteiger partial charge is 0.488 e. The Hall–Kier alpha value is -3.22. The Morgan fingerprint density at radius 1 is 0.788 bits per heavy atom. The van der Waals surface area contributed by atoms with Crippen molar-refractivity contribution in [2.24, 2.45) is 4.99 Å². The van der Waals surface area contributed by atoms with Gasteiger partial charge in [-0.2, -0.15) is 0 Å². The van der Waals surface area contributed by atoms with Gasteiger partial charge in [0.2, 0.25) is 0 Å². The van der Waals surface area contributed by atoms with Gasteiger partial charge < -0.3 is 4.74 Å². The summed E-state index contributed by atoms with van der Waals surface area (Å²) in [5.41, 5.74) is 8.23. The fourth-order valence-electron chi connectivity index (χ4n) is 4.14. The monoisotopic (exact) mass is 451 g/mol. The second kappa shape index (κ2) is 10.6. The predicted octanol–water partition coefficient (Wildman–Crippen LogP) is 6.29. The van der Waals surface area contributed by atoms with Crippen LogP contribution in [0.2, 0.25) is 0 Å². The maximum absolute atomic E-state index is 6.41. The fourth-order valence-corrected chi connectivity index (χ4v) is 5.70. The Morgan fingerprint density at radius 2 is 1.48 bits per heavy atom. The van der Waals surface area contributed by atoms with Crippen LogP contribution in [0.25, 0.3) is 0 Å². The molecule has 0 bridgehead atoms. The summed E-state index contributed by atoms with van der Waals surface area (Å²) < 4.78 is 6.41. The average Bonchev–Trinajstić information content (AvgIpc) is 2.82. The van der Waals surface area contributed by atoms with Crippen molar-refractivity contribution in [3.63, 3.8) is 0 Å². The molecular weight excluding hydrogens is 421 g/mol. The average molecular weight is 452 g/mol. The lowest BCUT2D eigenvalue weighted by Crippen LogP contribution is -2.19. The minimum Gasteiger partial charge on any atom is -0.488 e. The Labute approximate surface area is 199 Å². The third-order valence-electron chi connectivity index (χ3n) is 5.70. The highest BCUT2D eigenvalue weighted by Crippen LogP contribution is 2.28. The molecule has 4 aromatic carbocycles. The molecule has 3 heteroatoms. The summed E-state index contributed by atoms with van der Waals surface area (Å²) in [5.74, 6) is 0.992. The Bertz CT molecular complexity index is 1260. The van der Waals surface area contributed by atoms with E-state index in [1.54, 1.807) is 0 Å². The summed E-state index contributed by atoms with van der Waals surface area (Å²) >= 11 is 0. The van der Waals surface area contributed by atoms with Gasteiger partial charge in [-0.3, -0.25) is 4.99 Å². The van der Waals surface area contributed by atoms with Crippen LogP contribution in [0.5, 0.6) is 5.75 Å². The van der Waals surface area contributed by atoms with Gasteiger partial charge in [-0.15, -0.1) is 0 Å². The lowest BCUT2D eigenvalue weighted by atomic mass is 10.0. The molecule has 0 aliphatic heterocycles. The molecule has 0 radical (unpaired) electrons. The highest BCUT2D eigenvalue weighted by atomic mass is 31.1. The van der Waals surface area contributed by atoms with Gasteiger partial charge in [0.1, 0.15) is 12.4 Å². The third-order valence-corrected chi connectivity index (χ3v) is 7.26. The quantitative estimate of drug-likeness (QED) is 0.239. The molecule has 166 valence electrons. The van der Waals surface area contributed by atoms with E-state index >= 15 is 0 Å². The summed E-state index contributed by atoms with van der Waals surface area (Å²) in [6.07, 6.45) is 0. The van der Waals surface area contributed by atoms with Crippen LogP contribution in [0.15, 0.2) is 96.0 Å². The van der Waals surface area contributed by atoms with Gasteiger partial charge in [0, 0.05) is 23.5 Å². The Morgan fingerprint density at radius 3 is 2.18 bits per heavy atom. The lowest BCUT2D eigenvalue weighted by molar-refractivity contribution is 0.307. The molecule has 4 rings (SSSR count). The van der Waals surface area contributed by atoms with E-state index in [0.29, 0.717) is 15.2 Å². The summed E-state index contributed by atoms with van der Waals surface area (Å²) in [7, 11) is 2.35. The topological polar surface area (TPSA) is 21.6 Å². The maximum atomic E-state index is 6.41. The second-order valence-corrected chi connectivity index (χ2v) is 9.58. The van der Waals surface area contributed by atoms with Crippen LogP contribution in [0.4, 0.5) is 0 Å². The van der Waals surface area contributed by atoms with Crippen LogP contribution in [0.1, 0.15) is 33.4 Å². The molecular formula is C30H30NOP. The number of ether oxygens (including phenoxy) is 1. The normalized spacial score (nSPS) is 11.8. The van der Waals surface area contributed by atoms with E-state index in [-0.39, 0.29) is 0 Å². The number of benzene rings is 4. The zero-order valence-electron chi connectivity index (χ0n) is 19.7. The molecule has 1 unspecified atom stereocenters. The molecule has 0 aromatic heterocycles. The van der Waals surface area contributed by atoms with Crippen molar-refractivity contribution >= 4 is 24.9 Å². The number of rotatable bonds is 7. The molecule has 0 saturated carbocycles. The summed E-state index contributed by atoms with van der Waals surface area (Å²) in [6.45, 7) is 7.05. The number of hydrogen-bond acceptors (Lipinski definition) is 2. The number of hydrogen-bond donors (Lipinski definition) is 0. The first-order valence-electron chi connectivity index (χ1n) is 11.2. The van der Waals surface area contributed by atoms with Crippen LogP contribution in [-0.4, -0.2) is 12.8 Å². The second-order valence-electron chi connectivity index (χ2n) is 8.29. The molecule has 0 N–H and O–H groups in total. The molecule has 0 amide bonds. The number of aryl methyl sites for hydroxylation is 3. The summed E-state index contributed by atoms with van der Waals surface area (Å²) in [6, 6.07) is 31.8. The summed E-state index contributed by atoms with van der Waals surface area (Å²) in [4.78, 5) is 4.70. The van der Waals surface area contributed by atoms with E-state index in [0.717, 1.165) is 17.0 Å². The minimum atomic E-state index is 0.468. The third kappa shape index (κ3) is 5.41. The van der Waals surface area contributed by atoms with E-state index in [1.807, 2.05) is 19.2 Å². The van der Waals surface area contributed by atoms with Crippen molar-refractivity contribution in [3.8, 4) is 5.75 Å². The zero-order valence-corrected chi connectivity index (χ0v) is 20.7. The van der Waals surface area contributed by atoms with E-state index in [1.165, 1.54) is 38.4 Å². The van der Waals surface area contributed by atoms with Crippen molar-refractivity contribution in [3.05, 3.63) is 124 Å². The molecule has 1 atom stereocenters. The van der Waals surface area contributed by atoms with Crippen molar-refractivity contribution < 1.29 is 4.74 Å². The fraction of sp³-hybridized carbons (Fsp3) is 0.167. The van der Waals surface area contributed by atoms with Crippen molar-refractivity contribution in [1.82, 2.24) is 0 Å². The van der Waals surface area contributed by atoms with E-state index < -0.39 is 0 Å². The lowest BCUT2D eigenvalue weighted by Gasteiger charge is -2.19. The number of nitrogens with zero attached hydrogens (tertiary/aromatic N) is 1. The summed E-state index contributed by atoms with van der Waals surface area (Å²) in [5, 5.41) is 2.55.